The van der Waals surface area contributed by atoms with Crippen molar-refractivity contribution < 1.29 is 22.8 Å². The smallest absolute Gasteiger partial charge is 0.347 e. The van der Waals surface area contributed by atoms with Gasteiger partial charge in [-0.15, -0.1) is 11.3 Å². The molecular formula is C19H18F3N3O2S2. The number of fused-ring (bicyclic) bond motifs is 2. The Morgan fingerprint density at radius 1 is 1.10 bits per heavy atom. The van der Waals surface area contributed by atoms with Gasteiger partial charge in [-0.2, -0.15) is 13.2 Å². The van der Waals surface area contributed by atoms with Gasteiger partial charge in [-0.3, -0.25) is 9.59 Å². The molecule has 3 atom stereocenters. The van der Waals surface area contributed by atoms with Crippen LogP contribution in [0.15, 0.2) is 45.5 Å². The largest absolute Gasteiger partial charge is 0.471 e. The van der Waals surface area contributed by atoms with Gasteiger partial charge in [-0.25, -0.2) is 0 Å². The Bertz CT molecular complexity index is 914. The van der Waals surface area contributed by atoms with E-state index in [1.54, 1.807) is 18.2 Å². The number of amides is 2. The van der Waals surface area contributed by atoms with Gasteiger partial charge in [0.15, 0.2) is 0 Å². The van der Waals surface area contributed by atoms with Crippen molar-refractivity contribution in [2.75, 3.05) is 5.32 Å². The number of halogens is 3. The second kappa shape index (κ2) is 8.00. The molecule has 0 saturated carbocycles. The highest BCUT2D eigenvalue weighted by Gasteiger charge is 2.40. The molecule has 2 amide bonds. The highest BCUT2D eigenvalue weighted by molar-refractivity contribution is 8.01. The van der Waals surface area contributed by atoms with Crippen molar-refractivity contribution in [1.29, 1.82) is 0 Å². The van der Waals surface area contributed by atoms with E-state index < -0.39 is 12.1 Å². The molecule has 10 heteroatoms. The summed E-state index contributed by atoms with van der Waals surface area (Å²) in [4.78, 5) is 24.9. The van der Waals surface area contributed by atoms with Gasteiger partial charge >= 0.3 is 12.1 Å². The summed E-state index contributed by atoms with van der Waals surface area (Å²) in [5.41, 5.74) is 0.0717. The number of anilines is 1. The van der Waals surface area contributed by atoms with Crippen LogP contribution in [-0.2, 0) is 4.79 Å². The minimum atomic E-state index is -4.92. The maximum atomic E-state index is 12.5. The molecule has 29 heavy (non-hydrogen) atoms. The van der Waals surface area contributed by atoms with E-state index in [1.807, 2.05) is 11.4 Å². The van der Waals surface area contributed by atoms with Crippen LogP contribution in [0.3, 0.4) is 0 Å². The molecule has 2 aromatic rings. The molecule has 5 nitrogen and oxygen atoms in total. The third-order valence-corrected chi connectivity index (χ3v) is 7.23. The molecule has 2 aliphatic heterocycles. The second-order valence-electron chi connectivity index (χ2n) is 7.06. The molecule has 2 aliphatic rings. The summed E-state index contributed by atoms with van der Waals surface area (Å²) < 4.78 is 37.8. The number of thiophene rings is 1. The van der Waals surface area contributed by atoms with Gasteiger partial charge in [0.1, 0.15) is 0 Å². The average molecular weight is 442 g/mol. The lowest BCUT2D eigenvalue weighted by atomic mass is 9.95. The topological polar surface area (TPSA) is 70.2 Å². The quantitative estimate of drug-likeness (QED) is 0.656. The maximum Gasteiger partial charge on any atom is 0.471 e. The minimum absolute atomic E-state index is 0.0717. The highest BCUT2D eigenvalue weighted by Crippen LogP contribution is 2.35. The van der Waals surface area contributed by atoms with Gasteiger partial charge in [-0.1, -0.05) is 11.8 Å². The lowest BCUT2D eigenvalue weighted by Gasteiger charge is -2.20. The van der Waals surface area contributed by atoms with Crippen molar-refractivity contribution in [2.24, 2.45) is 0 Å². The standard InChI is InChI=1S/C19H18F3N3O2S2/c20-19(21,22)18(27)24-10-1-4-12(5-2-10)28-16-8-7-15(29-16)17(26)25-14-9-11-3-6-13(14)23-11/h1-2,4-5,7-8,11,13-14,23H,3,6,9H2,(H,24,27)(H,25,26). The summed E-state index contributed by atoms with van der Waals surface area (Å²) in [6.07, 6.45) is -1.67. The molecule has 3 heterocycles. The summed E-state index contributed by atoms with van der Waals surface area (Å²) in [6, 6.07) is 10.8. The van der Waals surface area contributed by atoms with Gasteiger partial charge in [0.25, 0.3) is 5.91 Å². The Balaban J connectivity index is 1.33. The van der Waals surface area contributed by atoms with Crippen molar-refractivity contribution in [2.45, 2.75) is 52.7 Å². The third kappa shape index (κ3) is 4.76. The first kappa shape index (κ1) is 20.2. The molecular weight excluding hydrogens is 423 g/mol. The molecule has 0 spiro atoms. The van der Waals surface area contributed by atoms with E-state index in [9.17, 15) is 22.8 Å². The van der Waals surface area contributed by atoms with Crippen LogP contribution in [0.5, 0.6) is 0 Å². The number of carbonyl (C=O) groups excluding carboxylic acids is 2. The van der Waals surface area contributed by atoms with Gasteiger partial charge in [-0.05, 0) is 55.7 Å². The first-order valence-corrected chi connectivity index (χ1v) is 10.7. The Labute approximate surface area is 173 Å². The fourth-order valence-corrected chi connectivity index (χ4v) is 5.65. The van der Waals surface area contributed by atoms with Gasteiger partial charge < -0.3 is 16.0 Å². The molecule has 0 aliphatic carbocycles. The Hall–Kier alpha value is -2.04. The van der Waals surface area contributed by atoms with Crippen LogP contribution >= 0.6 is 23.1 Å². The molecule has 1 aromatic carbocycles. The summed E-state index contributed by atoms with van der Waals surface area (Å²) in [5.74, 6) is -2.08. The molecule has 4 rings (SSSR count). The predicted octanol–water partition coefficient (Wildman–Crippen LogP) is 4.02. The normalized spacial score (nSPS) is 23.2. The maximum absolute atomic E-state index is 12.5. The van der Waals surface area contributed by atoms with E-state index in [2.05, 4.69) is 10.6 Å². The number of hydrogen-bond acceptors (Lipinski definition) is 5. The van der Waals surface area contributed by atoms with Crippen LogP contribution in [0.2, 0.25) is 0 Å². The van der Waals surface area contributed by atoms with E-state index in [0.29, 0.717) is 17.0 Å². The number of benzene rings is 1. The number of nitrogens with one attached hydrogen (secondary N) is 3. The van der Waals surface area contributed by atoms with Crippen molar-refractivity contribution in [3.63, 3.8) is 0 Å². The molecule has 2 saturated heterocycles. The van der Waals surface area contributed by atoms with Crippen molar-refractivity contribution >= 4 is 40.6 Å². The van der Waals surface area contributed by atoms with Crippen LogP contribution in [0.4, 0.5) is 18.9 Å². The molecule has 1 aromatic heterocycles. The van der Waals surface area contributed by atoms with Crippen LogP contribution < -0.4 is 16.0 Å². The third-order valence-electron chi connectivity index (χ3n) is 5.01. The van der Waals surface area contributed by atoms with Crippen LogP contribution in [0, 0.1) is 0 Å². The molecule has 2 bridgehead atoms. The molecule has 3 N–H and O–H groups in total. The van der Waals surface area contributed by atoms with Crippen molar-refractivity contribution in [1.82, 2.24) is 10.6 Å². The molecule has 154 valence electrons. The first-order valence-electron chi connectivity index (χ1n) is 9.11. The van der Waals surface area contributed by atoms with Gasteiger partial charge in [0.05, 0.1) is 9.09 Å². The van der Waals surface area contributed by atoms with Gasteiger partial charge in [0, 0.05) is 28.7 Å². The SMILES string of the molecule is O=C(NC1CC2CCC1N2)c1ccc(Sc2ccc(NC(=O)C(F)(F)F)cc2)s1. The fourth-order valence-electron chi connectivity index (χ4n) is 3.64. The Morgan fingerprint density at radius 2 is 1.86 bits per heavy atom. The molecule has 0 radical (unpaired) electrons. The van der Waals surface area contributed by atoms with Crippen LogP contribution in [-0.4, -0.2) is 36.1 Å². The zero-order valence-electron chi connectivity index (χ0n) is 15.1. The van der Waals surface area contributed by atoms with E-state index in [-0.39, 0.29) is 17.6 Å². The Kier molecular flexibility index (Phi) is 5.58. The Morgan fingerprint density at radius 3 is 2.48 bits per heavy atom. The predicted molar refractivity (Wildman–Crippen MR) is 105 cm³/mol. The van der Waals surface area contributed by atoms with Gasteiger partial charge in [0.2, 0.25) is 0 Å². The first-order chi connectivity index (χ1) is 13.8. The average Bonchev–Trinajstić information content (AvgIpc) is 3.39. The number of rotatable bonds is 5. The van der Waals surface area contributed by atoms with E-state index in [4.69, 9.17) is 0 Å². The summed E-state index contributed by atoms with van der Waals surface area (Å²) in [7, 11) is 0. The zero-order chi connectivity index (χ0) is 20.6. The van der Waals surface area contributed by atoms with E-state index in [1.165, 1.54) is 41.7 Å². The molecule has 3 unspecified atom stereocenters. The minimum Gasteiger partial charge on any atom is -0.347 e. The molecule has 2 fully saturated rings. The lowest BCUT2D eigenvalue weighted by Crippen LogP contribution is -2.42. The van der Waals surface area contributed by atoms with E-state index in [0.717, 1.165) is 21.9 Å². The van der Waals surface area contributed by atoms with Crippen molar-refractivity contribution in [3.8, 4) is 0 Å². The number of alkyl halides is 3. The number of carbonyl (C=O) groups is 2. The number of hydrogen-bond donors (Lipinski definition) is 3. The fraction of sp³-hybridized carbons (Fsp3) is 0.368. The summed E-state index contributed by atoms with van der Waals surface area (Å²) >= 11 is 2.77. The second-order valence-corrected chi connectivity index (χ2v) is 9.52. The lowest BCUT2D eigenvalue weighted by molar-refractivity contribution is -0.167. The van der Waals surface area contributed by atoms with Crippen LogP contribution in [0.25, 0.3) is 0 Å². The summed E-state index contributed by atoms with van der Waals surface area (Å²) in [6.45, 7) is 0. The zero-order valence-corrected chi connectivity index (χ0v) is 16.7. The van der Waals surface area contributed by atoms with E-state index >= 15 is 0 Å². The highest BCUT2D eigenvalue weighted by atomic mass is 32.2. The van der Waals surface area contributed by atoms with Crippen LogP contribution in [0.1, 0.15) is 28.9 Å². The summed E-state index contributed by atoms with van der Waals surface area (Å²) in [5, 5.41) is 8.41. The van der Waals surface area contributed by atoms with Crippen molar-refractivity contribution in [3.05, 3.63) is 41.3 Å². The monoisotopic (exact) mass is 441 g/mol.